The third-order valence-electron chi connectivity index (χ3n) is 2.05. The van der Waals surface area contributed by atoms with Crippen LogP contribution in [0.5, 0.6) is 0 Å². The molecule has 0 spiro atoms. The van der Waals surface area contributed by atoms with Crippen molar-refractivity contribution < 1.29 is 9.59 Å². The zero-order valence-corrected chi connectivity index (χ0v) is 8.65. The van der Waals surface area contributed by atoms with E-state index in [2.05, 4.69) is 0 Å². The summed E-state index contributed by atoms with van der Waals surface area (Å²) in [6, 6.07) is 7.24. The molecule has 0 bridgehead atoms. The minimum Gasteiger partial charge on any atom is -0.307 e. The summed E-state index contributed by atoms with van der Waals surface area (Å²) < 4.78 is 0. The molecule has 3 N–H and O–H groups in total. The van der Waals surface area contributed by atoms with Crippen molar-refractivity contribution in [2.75, 3.05) is 11.9 Å². The molecule has 1 aromatic rings. The minimum absolute atomic E-state index is 0.647. The van der Waals surface area contributed by atoms with E-state index in [-0.39, 0.29) is 0 Å². The lowest BCUT2D eigenvalue weighted by Gasteiger charge is -2.15. The van der Waals surface area contributed by atoms with Crippen LogP contribution in [0, 0.1) is 6.92 Å². The average Bonchev–Trinajstić information content (AvgIpc) is 2.27. The first-order chi connectivity index (χ1) is 7.06. The van der Waals surface area contributed by atoms with Gasteiger partial charge in [-0.2, -0.15) is 0 Å². The van der Waals surface area contributed by atoms with Crippen molar-refractivity contribution in [2.45, 2.75) is 6.92 Å². The first-order valence-corrected chi connectivity index (χ1v) is 4.41. The molecule has 0 unspecified atom stereocenters. The number of hydrogen-bond acceptors (Lipinski definition) is 3. The van der Waals surface area contributed by atoms with E-state index in [1.807, 2.05) is 19.1 Å². The van der Waals surface area contributed by atoms with E-state index in [4.69, 9.17) is 5.84 Å². The smallest absolute Gasteiger partial charge is 0.307 e. The van der Waals surface area contributed by atoms with Gasteiger partial charge in [-0.05, 0) is 19.1 Å². The highest BCUT2D eigenvalue weighted by molar-refractivity contribution is 6.40. The Morgan fingerprint density at radius 2 is 1.80 bits per heavy atom. The predicted octanol–water partition coefficient (Wildman–Crippen LogP) is -0.0523. The topological polar surface area (TPSA) is 75.4 Å². The molecule has 0 atom stereocenters. The summed E-state index contributed by atoms with van der Waals surface area (Å²) in [7, 11) is 1.52. The van der Waals surface area contributed by atoms with E-state index in [0.717, 1.165) is 5.56 Å². The van der Waals surface area contributed by atoms with Crippen LogP contribution < -0.4 is 16.2 Å². The molecule has 5 heteroatoms. The summed E-state index contributed by atoms with van der Waals surface area (Å²) in [4.78, 5) is 23.6. The van der Waals surface area contributed by atoms with Crippen LogP contribution in [-0.4, -0.2) is 18.9 Å². The fraction of sp³-hybridized carbons (Fsp3) is 0.200. The van der Waals surface area contributed by atoms with Gasteiger partial charge in [0.05, 0.1) is 0 Å². The molecule has 80 valence electrons. The maximum atomic E-state index is 11.4. The van der Waals surface area contributed by atoms with Crippen LogP contribution in [0.15, 0.2) is 24.3 Å². The number of nitrogens with zero attached hydrogens (tertiary/aromatic N) is 1. The van der Waals surface area contributed by atoms with Crippen LogP contribution >= 0.6 is 0 Å². The number of nitrogens with two attached hydrogens (primary N) is 1. The van der Waals surface area contributed by atoms with Gasteiger partial charge < -0.3 is 4.90 Å². The molecule has 2 amide bonds. The third kappa shape index (κ3) is 2.54. The molecule has 0 aliphatic carbocycles. The van der Waals surface area contributed by atoms with Gasteiger partial charge in [0.1, 0.15) is 0 Å². The number of benzene rings is 1. The second kappa shape index (κ2) is 4.56. The van der Waals surface area contributed by atoms with Gasteiger partial charge in [-0.25, -0.2) is 5.84 Å². The first-order valence-electron chi connectivity index (χ1n) is 4.41. The lowest BCUT2D eigenvalue weighted by atomic mass is 10.2. The molecule has 1 aromatic carbocycles. The maximum absolute atomic E-state index is 11.4. The fourth-order valence-electron chi connectivity index (χ4n) is 1.10. The van der Waals surface area contributed by atoms with Crippen molar-refractivity contribution in [3.05, 3.63) is 29.8 Å². The van der Waals surface area contributed by atoms with Gasteiger partial charge in [-0.1, -0.05) is 17.7 Å². The quantitative estimate of drug-likeness (QED) is 0.293. The number of rotatable bonds is 1. The highest BCUT2D eigenvalue weighted by Crippen LogP contribution is 2.13. The summed E-state index contributed by atoms with van der Waals surface area (Å²) in [5.41, 5.74) is 3.53. The molecule has 0 aromatic heterocycles. The molecular weight excluding hydrogens is 194 g/mol. The molecule has 0 saturated carbocycles. The number of carbonyl (C=O) groups is 2. The van der Waals surface area contributed by atoms with Gasteiger partial charge in [-0.3, -0.25) is 15.0 Å². The SMILES string of the molecule is Cc1ccc(N(C)C(=O)C(=O)NN)cc1. The fourth-order valence-corrected chi connectivity index (χ4v) is 1.10. The number of likely N-dealkylation sites (N-methyl/N-ethyl adjacent to an activating group) is 1. The Hall–Kier alpha value is -1.88. The van der Waals surface area contributed by atoms with Gasteiger partial charge in [0, 0.05) is 12.7 Å². The van der Waals surface area contributed by atoms with E-state index in [9.17, 15) is 9.59 Å². The average molecular weight is 207 g/mol. The van der Waals surface area contributed by atoms with E-state index in [1.165, 1.54) is 11.9 Å². The first kappa shape index (κ1) is 11.2. The van der Waals surface area contributed by atoms with Crippen LogP contribution in [0.4, 0.5) is 5.69 Å². The number of aryl methyl sites for hydroxylation is 1. The number of carbonyl (C=O) groups excluding carboxylic acids is 2. The second-order valence-electron chi connectivity index (χ2n) is 3.17. The van der Waals surface area contributed by atoms with Gasteiger partial charge >= 0.3 is 11.8 Å². The van der Waals surface area contributed by atoms with Crippen molar-refractivity contribution in [3.8, 4) is 0 Å². The van der Waals surface area contributed by atoms with Crippen molar-refractivity contribution in [2.24, 2.45) is 5.84 Å². The zero-order chi connectivity index (χ0) is 11.4. The number of hydrogen-bond donors (Lipinski definition) is 2. The van der Waals surface area contributed by atoms with E-state index >= 15 is 0 Å². The molecule has 15 heavy (non-hydrogen) atoms. The van der Waals surface area contributed by atoms with Gasteiger partial charge in [0.25, 0.3) is 0 Å². The molecule has 1 rings (SSSR count). The Morgan fingerprint density at radius 1 is 1.27 bits per heavy atom. The largest absolute Gasteiger partial charge is 0.323 e. The zero-order valence-electron chi connectivity index (χ0n) is 8.65. The highest BCUT2D eigenvalue weighted by atomic mass is 16.2. The molecule has 0 heterocycles. The summed E-state index contributed by atoms with van der Waals surface area (Å²) in [5, 5.41) is 0. The van der Waals surface area contributed by atoms with Crippen LogP contribution in [-0.2, 0) is 9.59 Å². The summed E-state index contributed by atoms with van der Waals surface area (Å²) in [6.45, 7) is 1.94. The lowest BCUT2D eigenvalue weighted by molar-refractivity contribution is -0.137. The molecular formula is C10H13N3O2. The number of anilines is 1. The van der Waals surface area contributed by atoms with Gasteiger partial charge in [-0.15, -0.1) is 0 Å². The highest BCUT2D eigenvalue weighted by Gasteiger charge is 2.18. The maximum Gasteiger partial charge on any atom is 0.323 e. The summed E-state index contributed by atoms with van der Waals surface area (Å²) in [5.74, 6) is 3.34. The van der Waals surface area contributed by atoms with Crippen LogP contribution in [0.25, 0.3) is 0 Å². The third-order valence-corrected chi connectivity index (χ3v) is 2.05. The van der Waals surface area contributed by atoms with Crippen molar-refractivity contribution >= 4 is 17.5 Å². The monoisotopic (exact) mass is 207 g/mol. The Labute approximate surface area is 87.8 Å². The number of amides is 2. The van der Waals surface area contributed by atoms with Crippen LogP contribution in [0.3, 0.4) is 0 Å². The number of nitrogens with one attached hydrogen (secondary N) is 1. The van der Waals surface area contributed by atoms with Gasteiger partial charge in [0.15, 0.2) is 0 Å². The lowest BCUT2D eigenvalue weighted by Crippen LogP contribution is -2.44. The van der Waals surface area contributed by atoms with E-state index in [1.54, 1.807) is 17.6 Å². The Bertz CT molecular complexity index is 373. The molecule has 0 aliphatic heterocycles. The van der Waals surface area contributed by atoms with Gasteiger partial charge in [0.2, 0.25) is 0 Å². The predicted molar refractivity (Wildman–Crippen MR) is 56.9 cm³/mol. The Kier molecular flexibility index (Phi) is 3.41. The normalized spacial score (nSPS) is 9.53. The van der Waals surface area contributed by atoms with Crippen molar-refractivity contribution in [1.82, 2.24) is 5.43 Å². The summed E-state index contributed by atoms with van der Waals surface area (Å²) >= 11 is 0. The van der Waals surface area contributed by atoms with E-state index in [0.29, 0.717) is 5.69 Å². The molecule has 0 fully saturated rings. The standard InChI is InChI=1S/C10H13N3O2/c1-7-3-5-8(6-4-7)13(2)10(15)9(14)12-11/h3-6H,11H2,1-2H3,(H,12,14). The molecule has 0 radical (unpaired) electrons. The van der Waals surface area contributed by atoms with Crippen molar-refractivity contribution in [1.29, 1.82) is 0 Å². The Morgan fingerprint density at radius 3 is 2.27 bits per heavy atom. The molecule has 5 nitrogen and oxygen atoms in total. The Balaban J connectivity index is 2.85. The second-order valence-corrected chi connectivity index (χ2v) is 3.17. The van der Waals surface area contributed by atoms with Crippen LogP contribution in [0.1, 0.15) is 5.56 Å². The van der Waals surface area contributed by atoms with Crippen molar-refractivity contribution in [3.63, 3.8) is 0 Å². The molecule has 0 saturated heterocycles. The molecule has 0 aliphatic rings. The van der Waals surface area contributed by atoms with E-state index < -0.39 is 11.8 Å². The minimum atomic E-state index is -0.835. The van der Waals surface area contributed by atoms with Crippen LogP contribution in [0.2, 0.25) is 0 Å². The number of hydrazine groups is 1. The summed E-state index contributed by atoms with van der Waals surface area (Å²) in [6.07, 6.45) is 0.